The first kappa shape index (κ1) is 16.0. The summed E-state index contributed by atoms with van der Waals surface area (Å²) in [6, 6.07) is 8.91. The molecular formula is C13H10BrClN2O3S. The molecule has 0 fully saturated rings. The van der Waals surface area contributed by atoms with Gasteiger partial charge in [-0.05, 0) is 28.1 Å². The molecule has 0 radical (unpaired) electrons. The second-order valence-corrected chi connectivity index (χ2v) is 6.61. The van der Waals surface area contributed by atoms with Gasteiger partial charge in [-0.3, -0.25) is 0 Å². The minimum absolute atomic E-state index is 0.269. The zero-order chi connectivity index (χ0) is 15.5. The van der Waals surface area contributed by atoms with Gasteiger partial charge in [-0.15, -0.1) is 0 Å². The lowest BCUT2D eigenvalue weighted by molar-refractivity contribution is -0.377. The Morgan fingerprint density at radius 1 is 1.19 bits per heavy atom. The van der Waals surface area contributed by atoms with E-state index in [9.17, 15) is 13.0 Å². The van der Waals surface area contributed by atoms with E-state index in [0.29, 0.717) is 20.4 Å². The topological polar surface area (TPSA) is 87.1 Å². The van der Waals surface area contributed by atoms with Crippen LogP contribution in [0.25, 0.3) is 10.9 Å². The fourth-order valence-electron chi connectivity index (χ4n) is 1.64. The second kappa shape index (κ2) is 6.57. The van der Waals surface area contributed by atoms with Crippen LogP contribution in [0.4, 0.5) is 0 Å². The first-order valence-electron chi connectivity index (χ1n) is 5.72. The molecule has 0 bridgehead atoms. The van der Waals surface area contributed by atoms with Crippen molar-refractivity contribution in [2.45, 2.75) is 4.90 Å². The van der Waals surface area contributed by atoms with Crippen molar-refractivity contribution in [3.63, 3.8) is 0 Å². The van der Waals surface area contributed by atoms with Crippen LogP contribution in [0.15, 0.2) is 58.3 Å². The highest BCUT2D eigenvalue weighted by molar-refractivity contribution is 9.10. The predicted octanol–water partition coefficient (Wildman–Crippen LogP) is 2.99. The summed E-state index contributed by atoms with van der Waals surface area (Å²) in [6.07, 6.45) is 4.91. The quantitative estimate of drug-likeness (QED) is 0.649. The Morgan fingerprint density at radius 2 is 1.86 bits per heavy atom. The van der Waals surface area contributed by atoms with E-state index < -0.39 is 10.1 Å². The van der Waals surface area contributed by atoms with Crippen molar-refractivity contribution in [2.24, 2.45) is 0 Å². The molecule has 0 spiro atoms. The van der Waals surface area contributed by atoms with Crippen LogP contribution in [-0.2, 0) is 10.1 Å². The molecule has 0 atom stereocenters. The molecule has 3 rings (SSSR count). The summed E-state index contributed by atoms with van der Waals surface area (Å²) in [5.41, 5.74) is 0.512. The zero-order valence-corrected chi connectivity index (χ0v) is 13.7. The fraction of sp³-hybridized carbons (Fsp3) is 0. The van der Waals surface area contributed by atoms with Crippen molar-refractivity contribution in [2.75, 3.05) is 0 Å². The summed E-state index contributed by atoms with van der Waals surface area (Å²) in [4.78, 5) is 5.30. The Hall–Kier alpha value is -1.41. The van der Waals surface area contributed by atoms with Crippen molar-refractivity contribution in [1.82, 2.24) is 4.98 Å². The van der Waals surface area contributed by atoms with Gasteiger partial charge < -0.3 is 9.54 Å². The molecule has 0 saturated carbocycles. The highest BCUT2D eigenvalue weighted by Gasteiger charge is 2.11. The van der Waals surface area contributed by atoms with Crippen LogP contribution in [0.1, 0.15) is 0 Å². The van der Waals surface area contributed by atoms with Crippen LogP contribution < -0.4 is 4.98 Å². The average molecular weight is 390 g/mol. The monoisotopic (exact) mass is 388 g/mol. The molecule has 2 N–H and O–H groups in total. The van der Waals surface area contributed by atoms with Crippen LogP contribution in [-0.4, -0.2) is 18.0 Å². The number of H-pyrrole nitrogens is 2. The van der Waals surface area contributed by atoms with Crippen molar-refractivity contribution in [1.29, 1.82) is 0 Å². The molecule has 0 saturated heterocycles. The molecule has 0 aliphatic heterocycles. The average Bonchev–Trinajstić information content (AvgIpc) is 2.85. The van der Waals surface area contributed by atoms with E-state index in [1.165, 1.54) is 6.07 Å². The number of fused-ring (bicyclic) bond motifs is 1. The maximum Gasteiger partial charge on any atom is 0.166 e. The maximum atomic E-state index is 10.9. The minimum atomic E-state index is -4.46. The maximum absolute atomic E-state index is 10.9. The van der Waals surface area contributed by atoms with Gasteiger partial charge in [0.15, 0.2) is 12.4 Å². The number of halogens is 2. The molecular weight excluding hydrogens is 380 g/mol. The van der Waals surface area contributed by atoms with Gasteiger partial charge in [-0.1, -0.05) is 17.7 Å². The van der Waals surface area contributed by atoms with E-state index in [-0.39, 0.29) is 4.90 Å². The molecule has 0 aliphatic carbocycles. The van der Waals surface area contributed by atoms with Gasteiger partial charge in [0.05, 0.1) is 9.92 Å². The van der Waals surface area contributed by atoms with E-state index in [4.69, 9.17) is 11.6 Å². The molecule has 2 aromatic heterocycles. The van der Waals surface area contributed by atoms with Crippen molar-refractivity contribution < 1.29 is 18.0 Å². The van der Waals surface area contributed by atoms with Crippen LogP contribution in [0.3, 0.4) is 0 Å². The third kappa shape index (κ3) is 4.04. The van der Waals surface area contributed by atoms with E-state index in [2.05, 4.69) is 25.9 Å². The van der Waals surface area contributed by atoms with Crippen molar-refractivity contribution in [3.8, 4) is 0 Å². The van der Waals surface area contributed by atoms with E-state index >= 15 is 0 Å². The Bertz CT molecular complexity index is 824. The van der Waals surface area contributed by atoms with Gasteiger partial charge in [-0.25, -0.2) is 13.4 Å². The molecule has 110 valence electrons. The lowest BCUT2D eigenvalue weighted by Crippen LogP contribution is -1.96. The molecule has 0 unspecified atom stereocenters. The van der Waals surface area contributed by atoms with Gasteiger partial charge in [-0.2, -0.15) is 0 Å². The molecule has 0 aliphatic rings. The fourth-order valence-corrected chi connectivity index (χ4v) is 2.79. The van der Waals surface area contributed by atoms with Gasteiger partial charge in [0.25, 0.3) is 0 Å². The molecule has 2 heterocycles. The molecule has 5 nitrogen and oxygen atoms in total. The largest absolute Gasteiger partial charge is 0.744 e. The van der Waals surface area contributed by atoms with E-state index in [0.717, 1.165) is 6.20 Å². The number of hydrogen-bond acceptors (Lipinski definition) is 3. The summed E-state index contributed by atoms with van der Waals surface area (Å²) >= 11 is 8.98. The van der Waals surface area contributed by atoms with Crippen LogP contribution in [0, 0.1) is 0 Å². The van der Waals surface area contributed by atoms with Crippen LogP contribution in [0.5, 0.6) is 0 Å². The lowest BCUT2D eigenvalue weighted by atomic mass is 10.2. The number of rotatable bonds is 1. The first-order valence-corrected chi connectivity index (χ1v) is 8.30. The SMILES string of the molecule is O=S(=O)([O-])c1c[nH]c2cc(Cl)c(Br)cc12.c1cc[nH+]cc1. The second-order valence-electron chi connectivity index (χ2n) is 4.00. The summed E-state index contributed by atoms with van der Waals surface area (Å²) in [7, 11) is -4.46. The summed E-state index contributed by atoms with van der Waals surface area (Å²) in [5, 5.41) is 0.778. The smallest absolute Gasteiger partial charge is 0.166 e. The Labute approximate surface area is 134 Å². The Kier molecular flexibility index (Phi) is 5.00. The summed E-state index contributed by atoms with van der Waals surface area (Å²) in [5.74, 6) is 0. The third-order valence-corrected chi connectivity index (χ3v) is 4.63. The number of nitrogens with one attached hydrogen (secondary N) is 2. The molecule has 1 aromatic carbocycles. The van der Waals surface area contributed by atoms with E-state index in [1.54, 1.807) is 6.07 Å². The van der Waals surface area contributed by atoms with Crippen LogP contribution >= 0.6 is 27.5 Å². The van der Waals surface area contributed by atoms with Gasteiger partial charge in [0, 0.05) is 33.7 Å². The van der Waals surface area contributed by atoms with Crippen molar-refractivity contribution in [3.05, 3.63) is 58.4 Å². The zero-order valence-electron chi connectivity index (χ0n) is 10.5. The summed E-state index contributed by atoms with van der Waals surface area (Å²) in [6.45, 7) is 0. The minimum Gasteiger partial charge on any atom is -0.744 e. The molecule has 3 aromatic rings. The number of aromatic amines is 2. The molecule has 0 amide bonds. The predicted molar refractivity (Wildman–Crippen MR) is 82.0 cm³/mol. The highest BCUT2D eigenvalue weighted by Crippen LogP contribution is 2.31. The van der Waals surface area contributed by atoms with Crippen molar-refractivity contribution >= 4 is 48.6 Å². The molecule has 8 heteroatoms. The standard InChI is InChI=1S/C8H5BrClNO3S.C5H5N/c9-5-1-4-7(2-6(5)10)11-3-8(4)15(12,13)14;1-2-4-6-5-3-1/h1-3,11H,(H,12,13,14);1-5H. The van der Waals surface area contributed by atoms with Gasteiger partial charge in [0.1, 0.15) is 10.1 Å². The molecule has 21 heavy (non-hydrogen) atoms. The lowest BCUT2D eigenvalue weighted by Gasteiger charge is -2.04. The number of pyridine rings is 1. The number of aromatic nitrogens is 2. The number of hydrogen-bond donors (Lipinski definition) is 1. The Morgan fingerprint density at radius 3 is 2.33 bits per heavy atom. The van der Waals surface area contributed by atoms with Crippen LogP contribution in [0.2, 0.25) is 5.02 Å². The number of benzene rings is 1. The summed E-state index contributed by atoms with van der Waals surface area (Å²) < 4.78 is 33.2. The normalized spacial score (nSPS) is 11.0. The van der Waals surface area contributed by atoms with Gasteiger partial charge in [0.2, 0.25) is 0 Å². The highest BCUT2D eigenvalue weighted by atomic mass is 79.9. The Balaban J connectivity index is 0.000000225. The van der Waals surface area contributed by atoms with E-state index in [1.807, 2.05) is 30.6 Å². The first-order chi connectivity index (χ1) is 9.89. The third-order valence-electron chi connectivity index (χ3n) is 2.56. The van der Waals surface area contributed by atoms with Gasteiger partial charge >= 0.3 is 0 Å².